The number of nitrogens with one attached hydrogen (secondary N) is 1. The third-order valence-electron chi connectivity index (χ3n) is 4.22. The first-order valence-corrected chi connectivity index (χ1v) is 9.18. The average Bonchev–Trinajstić information content (AvgIpc) is 3.15. The molecule has 0 unspecified atom stereocenters. The maximum Gasteiger partial charge on any atom is 0.203 e. The van der Waals surface area contributed by atoms with E-state index in [1.54, 1.807) is 11.3 Å². The van der Waals surface area contributed by atoms with Gasteiger partial charge in [-0.3, -0.25) is 5.43 Å². The summed E-state index contributed by atoms with van der Waals surface area (Å²) in [4.78, 5) is 4.69. The minimum atomic E-state index is 0.745. The van der Waals surface area contributed by atoms with Crippen molar-refractivity contribution in [1.82, 2.24) is 4.98 Å². The van der Waals surface area contributed by atoms with Gasteiger partial charge in [0, 0.05) is 16.6 Å². The van der Waals surface area contributed by atoms with E-state index in [9.17, 15) is 0 Å². The Labute approximate surface area is 156 Å². The number of thiazole rings is 1. The molecule has 26 heavy (non-hydrogen) atoms. The molecule has 0 aliphatic carbocycles. The standard InChI is InChI=1S/C21H18N4S/c1-14(15-9-11-17(22)12-10-15)24-25-21-23-20(13-26-21)19-8-4-6-16-5-2-3-7-18(16)19/h2-13H,22H2,1H3,(H,23,25)/b24-14-. The van der Waals surface area contributed by atoms with Crippen molar-refractivity contribution in [1.29, 1.82) is 0 Å². The molecule has 0 saturated heterocycles. The van der Waals surface area contributed by atoms with Crippen LogP contribution in [0.3, 0.4) is 0 Å². The van der Waals surface area contributed by atoms with Crippen LogP contribution in [0.5, 0.6) is 0 Å². The number of hydrogen-bond acceptors (Lipinski definition) is 5. The number of nitrogens with zero attached hydrogens (tertiary/aromatic N) is 2. The molecule has 0 fully saturated rings. The predicted molar refractivity (Wildman–Crippen MR) is 112 cm³/mol. The van der Waals surface area contributed by atoms with E-state index in [-0.39, 0.29) is 0 Å². The molecule has 0 bridgehead atoms. The van der Waals surface area contributed by atoms with E-state index in [1.165, 1.54) is 10.8 Å². The maximum absolute atomic E-state index is 5.73. The average molecular weight is 358 g/mol. The summed E-state index contributed by atoms with van der Waals surface area (Å²) in [5, 5.41) is 9.67. The van der Waals surface area contributed by atoms with E-state index in [1.807, 2.05) is 31.2 Å². The van der Waals surface area contributed by atoms with Crippen molar-refractivity contribution in [2.24, 2.45) is 5.10 Å². The molecule has 0 aliphatic rings. The molecule has 4 rings (SSSR count). The molecule has 0 saturated carbocycles. The summed E-state index contributed by atoms with van der Waals surface area (Å²) in [6, 6.07) is 22.3. The topological polar surface area (TPSA) is 63.3 Å². The van der Waals surface area contributed by atoms with E-state index in [0.717, 1.165) is 33.4 Å². The second kappa shape index (κ2) is 6.98. The maximum atomic E-state index is 5.73. The lowest BCUT2D eigenvalue weighted by atomic mass is 10.0. The molecule has 0 aliphatic heterocycles. The Kier molecular flexibility index (Phi) is 4.37. The monoisotopic (exact) mass is 358 g/mol. The highest BCUT2D eigenvalue weighted by atomic mass is 32.1. The molecule has 3 N–H and O–H groups in total. The number of nitrogens with two attached hydrogens (primary N) is 1. The Bertz CT molecular complexity index is 1080. The number of hydrogen-bond donors (Lipinski definition) is 2. The largest absolute Gasteiger partial charge is 0.399 e. The van der Waals surface area contributed by atoms with Gasteiger partial charge in [0.05, 0.1) is 11.4 Å². The molecule has 0 radical (unpaired) electrons. The van der Waals surface area contributed by atoms with Crippen molar-refractivity contribution >= 4 is 38.6 Å². The zero-order valence-corrected chi connectivity index (χ0v) is 15.1. The van der Waals surface area contributed by atoms with E-state index in [4.69, 9.17) is 10.7 Å². The number of nitrogen functional groups attached to an aromatic ring is 1. The molecule has 1 aromatic heterocycles. The summed E-state index contributed by atoms with van der Waals surface area (Å²) in [6.45, 7) is 1.96. The Hall–Kier alpha value is -3.18. The number of hydrazone groups is 1. The minimum Gasteiger partial charge on any atom is -0.399 e. The molecule has 0 atom stereocenters. The lowest BCUT2D eigenvalue weighted by molar-refractivity contribution is 1.27. The Morgan fingerprint density at radius 1 is 1.00 bits per heavy atom. The van der Waals surface area contributed by atoms with E-state index in [2.05, 4.69) is 58.4 Å². The number of fused-ring (bicyclic) bond motifs is 1. The predicted octanol–water partition coefficient (Wildman–Crippen LogP) is 5.38. The van der Waals surface area contributed by atoms with Crippen LogP contribution in [0.25, 0.3) is 22.0 Å². The highest BCUT2D eigenvalue weighted by Crippen LogP contribution is 2.30. The van der Waals surface area contributed by atoms with Crippen LogP contribution in [0, 0.1) is 0 Å². The number of anilines is 2. The van der Waals surface area contributed by atoms with Gasteiger partial charge in [0.15, 0.2) is 0 Å². The van der Waals surface area contributed by atoms with Crippen molar-refractivity contribution in [3.8, 4) is 11.3 Å². The Morgan fingerprint density at radius 3 is 2.62 bits per heavy atom. The minimum absolute atomic E-state index is 0.745. The molecule has 0 amide bonds. The van der Waals surface area contributed by atoms with E-state index in [0.29, 0.717) is 0 Å². The first kappa shape index (κ1) is 16.3. The van der Waals surface area contributed by atoms with E-state index >= 15 is 0 Å². The Balaban J connectivity index is 1.58. The molecular formula is C21H18N4S. The highest BCUT2D eigenvalue weighted by molar-refractivity contribution is 7.14. The van der Waals surface area contributed by atoms with Crippen LogP contribution >= 0.6 is 11.3 Å². The third-order valence-corrected chi connectivity index (χ3v) is 4.96. The van der Waals surface area contributed by atoms with Gasteiger partial charge in [-0.05, 0) is 35.4 Å². The summed E-state index contributed by atoms with van der Waals surface area (Å²) in [5.41, 5.74) is 13.5. The summed E-state index contributed by atoms with van der Waals surface area (Å²) < 4.78 is 0. The second-order valence-corrected chi connectivity index (χ2v) is 6.85. The van der Waals surface area contributed by atoms with Crippen molar-refractivity contribution in [3.63, 3.8) is 0 Å². The van der Waals surface area contributed by atoms with Crippen LogP contribution in [0.4, 0.5) is 10.8 Å². The summed E-state index contributed by atoms with van der Waals surface area (Å²) in [5.74, 6) is 0. The van der Waals surface area contributed by atoms with Gasteiger partial charge >= 0.3 is 0 Å². The molecule has 4 aromatic rings. The SMILES string of the molecule is C/C(=N/Nc1nc(-c2cccc3ccccc23)cs1)c1ccc(N)cc1. The van der Waals surface area contributed by atoms with Crippen LogP contribution in [0.15, 0.2) is 77.2 Å². The number of benzene rings is 3. The van der Waals surface area contributed by atoms with Crippen molar-refractivity contribution < 1.29 is 0 Å². The fraction of sp³-hybridized carbons (Fsp3) is 0.0476. The quantitative estimate of drug-likeness (QED) is 0.292. The van der Waals surface area contributed by atoms with Gasteiger partial charge in [-0.15, -0.1) is 11.3 Å². The van der Waals surface area contributed by atoms with Crippen LogP contribution in [-0.2, 0) is 0 Å². The smallest absolute Gasteiger partial charge is 0.203 e. The number of aromatic nitrogens is 1. The second-order valence-electron chi connectivity index (χ2n) is 6.00. The van der Waals surface area contributed by atoms with Crippen LogP contribution < -0.4 is 11.2 Å². The van der Waals surface area contributed by atoms with Crippen molar-refractivity contribution in [2.45, 2.75) is 6.92 Å². The summed E-state index contributed by atoms with van der Waals surface area (Å²) in [7, 11) is 0. The fourth-order valence-corrected chi connectivity index (χ4v) is 3.47. The molecule has 1 heterocycles. The third kappa shape index (κ3) is 3.30. The summed E-state index contributed by atoms with van der Waals surface area (Å²) in [6.07, 6.45) is 0. The van der Waals surface area contributed by atoms with Gasteiger partial charge in [0.2, 0.25) is 5.13 Å². The van der Waals surface area contributed by atoms with Crippen molar-refractivity contribution in [2.75, 3.05) is 11.2 Å². The van der Waals surface area contributed by atoms with Crippen LogP contribution in [-0.4, -0.2) is 10.7 Å². The zero-order chi connectivity index (χ0) is 17.9. The van der Waals surface area contributed by atoms with Gasteiger partial charge < -0.3 is 5.73 Å². The molecule has 0 spiro atoms. The lowest BCUT2D eigenvalue weighted by Crippen LogP contribution is -1.99. The molecular weight excluding hydrogens is 340 g/mol. The molecule has 4 nitrogen and oxygen atoms in total. The molecule has 5 heteroatoms. The molecule has 3 aromatic carbocycles. The Morgan fingerprint density at radius 2 is 1.77 bits per heavy atom. The first-order chi connectivity index (χ1) is 12.7. The fourth-order valence-electron chi connectivity index (χ4n) is 2.82. The van der Waals surface area contributed by atoms with Crippen molar-refractivity contribution in [3.05, 3.63) is 77.7 Å². The summed E-state index contributed by atoms with van der Waals surface area (Å²) >= 11 is 1.54. The van der Waals surface area contributed by atoms with Crippen LogP contribution in [0.2, 0.25) is 0 Å². The normalized spacial score (nSPS) is 11.7. The zero-order valence-electron chi connectivity index (χ0n) is 14.3. The first-order valence-electron chi connectivity index (χ1n) is 8.30. The van der Waals surface area contributed by atoms with Gasteiger partial charge in [-0.1, -0.05) is 54.6 Å². The molecule has 128 valence electrons. The van der Waals surface area contributed by atoms with Crippen LogP contribution in [0.1, 0.15) is 12.5 Å². The van der Waals surface area contributed by atoms with E-state index < -0.39 is 0 Å². The van der Waals surface area contributed by atoms with Gasteiger partial charge in [-0.25, -0.2) is 4.98 Å². The number of rotatable bonds is 4. The lowest BCUT2D eigenvalue weighted by Gasteiger charge is -2.03. The van der Waals surface area contributed by atoms with Gasteiger partial charge in [0.25, 0.3) is 0 Å². The highest BCUT2D eigenvalue weighted by Gasteiger charge is 2.08. The van der Waals surface area contributed by atoms with Gasteiger partial charge in [0.1, 0.15) is 0 Å². The van der Waals surface area contributed by atoms with Gasteiger partial charge in [-0.2, -0.15) is 5.10 Å².